The first kappa shape index (κ1) is 17.5. The van der Waals surface area contributed by atoms with Gasteiger partial charge in [0, 0.05) is 19.1 Å². The molecule has 2 N–H and O–H groups in total. The van der Waals surface area contributed by atoms with Crippen molar-refractivity contribution in [2.75, 3.05) is 31.6 Å². The van der Waals surface area contributed by atoms with Crippen molar-refractivity contribution in [2.45, 2.75) is 38.8 Å². The molecule has 1 atom stereocenters. The van der Waals surface area contributed by atoms with E-state index >= 15 is 0 Å². The van der Waals surface area contributed by atoms with E-state index in [4.69, 9.17) is 9.47 Å². The molecular formula is C18H25N3O4. The summed E-state index contributed by atoms with van der Waals surface area (Å²) in [4.78, 5) is 25.4. The van der Waals surface area contributed by atoms with E-state index in [1.807, 2.05) is 25.1 Å². The summed E-state index contributed by atoms with van der Waals surface area (Å²) in [5.41, 5.74) is 1.83. The molecule has 25 heavy (non-hydrogen) atoms. The van der Waals surface area contributed by atoms with Crippen molar-refractivity contribution < 1.29 is 19.1 Å². The summed E-state index contributed by atoms with van der Waals surface area (Å²) in [5, 5.41) is 5.50. The molecule has 2 aliphatic rings. The molecule has 136 valence electrons. The maximum absolute atomic E-state index is 11.5. The van der Waals surface area contributed by atoms with Gasteiger partial charge < -0.3 is 20.1 Å². The van der Waals surface area contributed by atoms with E-state index in [9.17, 15) is 9.59 Å². The zero-order valence-electron chi connectivity index (χ0n) is 14.5. The summed E-state index contributed by atoms with van der Waals surface area (Å²) >= 11 is 0. The molecular weight excluding hydrogens is 322 g/mol. The van der Waals surface area contributed by atoms with Crippen LogP contribution in [-0.4, -0.2) is 49.2 Å². The molecule has 1 unspecified atom stereocenters. The summed E-state index contributed by atoms with van der Waals surface area (Å²) < 4.78 is 10.7. The van der Waals surface area contributed by atoms with Gasteiger partial charge >= 0.3 is 6.09 Å². The second-order valence-corrected chi connectivity index (χ2v) is 6.42. The van der Waals surface area contributed by atoms with Crippen molar-refractivity contribution in [3.05, 3.63) is 23.8 Å². The van der Waals surface area contributed by atoms with Crippen LogP contribution in [0.3, 0.4) is 0 Å². The van der Waals surface area contributed by atoms with Crippen LogP contribution >= 0.6 is 0 Å². The number of fused-ring (bicyclic) bond motifs is 1. The van der Waals surface area contributed by atoms with Crippen molar-refractivity contribution in [2.24, 2.45) is 0 Å². The van der Waals surface area contributed by atoms with Crippen LogP contribution in [0.15, 0.2) is 18.2 Å². The first-order valence-corrected chi connectivity index (χ1v) is 8.86. The molecule has 0 aromatic heterocycles. The van der Waals surface area contributed by atoms with E-state index < -0.39 is 0 Å². The molecule has 0 spiro atoms. The highest BCUT2D eigenvalue weighted by Gasteiger charge is 2.24. The van der Waals surface area contributed by atoms with Crippen molar-refractivity contribution in [1.82, 2.24) is 10.2 Å². The number of hydrogen-bond acceptors (Lipinski definition) is 5. The summed E-state index contributed by atoms with van der Waals surface area (Å²) in [6, 6.07) is 6.10. The molecule has 2 amide bonds. The number of nitrogens with zero attached hydrogens (tertiary/aromatic N) is 1. The largest absolute Gasteiger partial charge is 0.482 e. The van der Waals surface area contributed by atoms with Crippen LogP contribution in [0.25, 0.3) is 0 Å². The van der Waals surface area contributed by atoms with E-state index in [2.05, 4.69) is 15.5 Å². The van der Waals surface area contributed by atoms with E-state index in [1.54, 1.807) is 0 Å². The number of benzene rings is 1. The van der Waals surface area contributed by atoms with Crippen molar-refractivity contribution in [3.8, 4) is 5.75 Å². The fraction of sp³-hybridized carbons (Fsp3) is 0.556. The highest BCUT2D eigenvalue weighted by Crippen LogP contribution is 2.29. The van der Waals surface area contributed by atoms with Crippen molar-refractivity contribution >= 4 is 17.7 Å². The van der Waals surface area contributed by atoms with Gasteiger partial charge in [-0.15, -0.1) is 0 Å². The smallest absolute Gasteiger partial charge is 0.407 e. The van der Waals surface area contributed by atoms with Crippen LogP contribution in [0.1, 0.15) is 31.7 Å². The summed E-state index contributed by atoms with van der Waals surface area (Å²) in [5.74, 6) is 0.578. The second kappa shape index (κ2) is 8.20. The number of likely N-dealkylation sites (tertiary alicyclic amines) is 1. The Hall–Kier alpha value is -2.28. The molecule has 1 saturated heterocycles. The number of carbonyl (C=O) groups excluding carboxylic acids is 2. The Morgan fingerprint density at radius 2 is 2.32 bits per heavy atom. The Morgan fingerprint density at radius 3 is 3.16 bits per heavy atom. The minimum atomic E-state index is -0.360. The van der Waals surface area contributed by atoms with Gasteiger partial charge in [0.05, 0.1) is 5.69 Å². The Balaban J connectivity index is 1.62. The first-order chi connectivity index (χ1) is 12.2. The Morgan fingerprint density at radius 1 is 1.44 bits per heavy atom. The number of ether oxygens (including phenoxy) is 2. The third-order valence-electron chi connectivity index (χ3n) is 4.54. The number of carbonyl (C=O) groups is 2. The van der Waals surface area contributed by atoms with Gasteiger partial charge in [0.1, 0.15) is 12.4 Å². The third kappa shape index (κ3) is 4.63. The topological polar surface area (TPSA) is 79.9 Å². The van der Waals surface area contributed by atoms with Crippen LogP contribution < -0.4 is 15.4 Å². The Bertz CT molecular complexity index is 635. The normalized spacial score (nSPS) is 20.2. The van der Waals surface area contributed by atoms with E-state index in [-0.39, 0.29) is 24.6 Å². The van der Waals surface area contributed by atoms with Gasteiger partial charge in [0.2, 0.25) is 0 Å². The molecule has 0 bridgehead atoms. The minimum Gasteiger partial charge on any atom is -0.482 e. The molecule has 2 aliphatic heterocycles. The molecule has 1 aromatic rings. The van der Waals surface area contributed by atoms with Crippen LogP contribution in [-0.2, 0) is 16.1 Å². The number of alkyl carbamates (subject to hydrolysis) is 1. The number of nitrogens with one attached hydrogen (secondary N) is 2. The Kier molecular flexibility index (Phi) is 5.75. The summed E-state index contributed by atoms with van der Waals surface area (Å²) in [6.45, 7) is 4.63. The van der Waals surface area contributed by atoms with Crippen LogP contribution in [0.5, 0.6) is 5.75 Å². The lowest BCUT2D eigenvalue weighted by molar-refractivity contribution is -0.118. The predicted molar refractivity (Wildman–Crippen MR) is 93.6 cm³/mol. The lowest BCUT2D eigenvalue weighted by Gasteiger charge is -2.35. The van der Waals surface area contributed by atoms with Gasteiger partial charge in [0.15, 0.2) is 6.61 Å². The van der Waals surface area contributed by atoms with Crippen LogP contribution in [0.2, 0.25) is 0 Å². The highest BCUT2D eigenvalue weighted by molar-refractivity contribution is 5.95. The van der Waals surface area contributed by atoms with Gasteiger partial charge in [-0.05, 0) is 44.0 Å². The monoisotopic (exact) mass is 347 g/mol. The minimum absolute atomic E-state index is 0.0672. The summed E-state index contributed by atoms with van der Waals surface area (Å²) in [6.07, 6.45) is 2.95. The molecule has 0 aliphatic carbocycles. The average molecular weight is 347 g/mol. The van der Waals surface area contributed by atoms with E-state index in [1.165, 1.54) is 0 Å². The number of piperidine rings is 1. The fourth-order valence-electron chi connectivity index (χ4n) is 3.29. The molecule has 2 heterocycles. The van der Waals surface area contributed by atoms with Gasteiger partial charge in [-0.3, -0.25) is 9.69 Å². The zero-order valence-corrected chi connectivity index (χ0v) is 14.5. The zero-order chi connectivity index (χ0) is 17.6. The van der Waals surface area contributed by atoms with Crippen LogP contribution in [0.4, 0.5) is 10.5 Å². The molecule has 1 fully saturated rings. The molecule has 3 rings (SSSR count). The standard InChI is InChI=1S/C18H25N3O4/c1-2-19-18(23)25-11-14-5-3-4-8-21(14)10-13-6-7-16-15(9-13)20-17(22)12-24-16/h6-7,9,14H,2-5,8,10-12H2,1H3,(H,19,23)(H,20,22). The van der Waals surface area contributed by atoms with Crippen molar-refractivity contribution in [3.63, 3.8) is 0 Å². The molecule has 7 heteroatoms. The molecule has 0 saturated carbocycles. The van der Waals surface area contributed by atoms with Gasteiger partial charge in [-0.1, -0.05) is 12.5 Å². The average Bonchev–Trinajstić information content (AvgIpc) is 2.61. The Labute approximate surface area is 147 Å². The lowest BCUT2D eigenvalue weighted by atomic mass is 10.0. The number of anilines is 1. The van der Waals surface area contributed by atoms with Crippen LogP contribution in [0, 0.1) is 0 Å². The van der Waals surface area contributed by atoms with Crippen molar-refractivity contribution in [1.29, 1.82) is 0 Å². The fourth-order valence-corrected chi connectivity index (χ4v) is 3.29. The molecule has 0 radical (unpaired) electrons. The molecule has 7 nitrogen and oxygen atoms in total. The van der Waals surface area contributed by atoms with E-state index in [0.29, 0.717) is 18.9 Å². The predicted octanol–water partition coefficient (Wildman–Crippen LogP) is 2.12. The quantitative estimate of drug-likeness (QED) is 0.853. The molecule has 1 aromatic carbocycles. The number of rotatable bonds is 5. The number of amides is 2. The SMILES string of the molecule is CCNC(=O)OCC1CCCCN1Cc1ccc2c(c1)NC(=O)CO2. The first-order valence-electron chi connectivity index (χ1n) is 8.86. The van der Waals surface area contributed by atoms with Gasteiger partial charge in [-0.25, -0.2) is 4.79 Å². The number of hydrogen-bond donors (Lipinski definition) is 2. The van der Waals surface area contributed by atoms with Gasteiger partial charge in [0.25, 0.3) is 5.91 Å². The maximum atomic E-state index is 11.5. The highest BCUT2D eigenvalue weighted by atomic mass is 16.5. The lowest BCUT2D eigenvalue weighted by Crippen LogP contribution is -2.43. The summed E-state index contributed by atoms with van der Waals surface area (Å²) in [7, 11) is 0. The van der Waals surface area contributed by atoms with E-state index in [0.717, 1.165) is 43.6 Å². The van der Waals surface area contributed by atoms with Gasteiger partial charge in [-0.2, -0.15) is 0 Å². The second-order valence-electron chi connectivity index (χ2n) is 6.42. The maximum Gasteiger partial charge on any atom is 0.407 e. The third-order valence-corrected chi connectivity index (χ3v) is 4.54.